The molecule has 3 nitrogen and oxygen atoms in total. The molecule has 2 aromatic rings. The van der Waals surface area contributed by atoms with E-state index >= 15 is 0 Å². The molecule has 0 aliphatic heterocycles. The van der Waals surface area contributed by atoms with Crippen LogP contribution in [0, 0.1) is 0 Å². The highest BCUT2D eigenvalue weighted by molar-refractivity contribution is 7.11. The van der Waals surface area contributed by atoms with Gasteiger partial charge in [0.15, 0.2) is 0 Å². The number of nitrogens with zero attached hydrogens (tertiary/aromatic N) is 1. The largest absolute Gasteiger partial charge is 0.380 e. The van der Waals surface area contributed by atoms with Crippen LogP contribution in [0.2, 0.25) is 0 Å². The molecule has 0 spiro atoms. The fraction of sp³-hybridized carbons (Fsp3) is 0.471. The van der Waals surface area contributed by atoms with E-state index in [9.17, 15) is 0 Å². The molecule has 1 unspecified atom stereocenters. The average Bonchev–Trinajstić information content (AvgIpc) is 3.06. The van der Waals surface area contributed by atoms with Gasteiger partial charge in [-0.25, -0.2) is 4.98 Å². The van der Waals surface area contributed by atoms with Crippen molar-refractivity contribution in [2.45, 2.75) is 38.8 Å². The molecule has 112 valence electrons. The number of benzene rings is 1. The van der Waals surface area contributed by atoms with Crippen molar-refractivity contribution in [3.05, 3.63) is 51.0 Å². The molecule has 0 bridgehead atoms. The molecule has 0 fully saturated rings. The van der Waals surface area contributed by atoms with Crippen LogP contribution in [-0.4, -0.2) is 18.6 Å². The predicted molar refractivity (Wildman–Crippen MR) is 86.8 cm³/mol. The number of thiazole rings is 1. The van der Waals surface area contributed by atoms with E-state index in [0.29, 0.717) is 6.61 Å². The summed E-state index contributed by atoms with van der Waals surface area (Å²) in [5.41, 5.74) is 3.81. The monoisotopic (exact) mass is 302 g/mol. The Balaban J connectivity index is 1.91. The number of aryl methyl sites for hydroxylation is 2. The molecule has 1 aliphatic carbocycles. The molecular weight excluding hydrogens is 280 g/mol. The smallest absolute Gasteiger partial charge is 0.115 e. The summed E-state index contributed by atoms with van der Waals surface area (Å²) in [7, 11) is 1.74. The second kappa shape index (κ2) is 6.69. The molecule has 1 N–H and O–H groups in total. The van der Waals surface area contributed by atoms with E-state index < -0.39 is 0 Å². The molecule has 0 radical (unpaired) electrons. The van der Waals surface area contributed by atoms with Gasteiger partial charge in [0.25, 0.3) is 0 Å². The maximum absolute atomic E-state index is 5.24. The van der Waals surface area contributed by atoms with Crippen molar-refractivity contribution >= 4 is 11.3 Å². The van der Waals surface area contributed by atoms with Gasteiger partial charge in [0.05, 0.1) is 18.3 Å². The van der Waals surface area contributed by atoms with Gasteiger partial charge in [0.2, 0.25) is 0 Å². The van der Waals surface area contributed by atoms with Gasteiger partial charge < -0.3 is 10.1 Å². The quantitative estimate of drug-likeness (QED) is 0.887. The van der Waals surface area contributed by atoms with Crippen molar-refractivity contribution in [2.75, 3.05) is 13.7 Å². The van der Waals surface area contributed by atoms with Gasteiger partial charge in [0.1, 0.15) is 5.01 Å². The number of ether oxygens (including phenoxy) is 1. The topological polar surface area (TPSA) is 34.1 Å². The van der Waals surface area contributed by atoms with E-state index in [1.807, 2.05) is 11.3 Å². The van der Waals surface area contributed by atoms with Gasteiger partial charge in [-0.15, -0.1) is 11.3 Å². The third-order valence-corrected chi connectivity index (χ3v) is 5.09. The van der Waals surface area contributed by atoms with Crippen molar-refractivity contribution in [1.29, 1.82) is 0 Å². The number of hydrogen-bond donors (Lipinski definition) is 1. The van der Waals surface area contributed by atoms with Crippen molar-refractivity contribution in [3.63, 3.8) is 0 Å². The second-order valence-electron chi connectivity index (χ2n) is 5.44. The Morgan fingerprint density at radius 3 is 3.05 bits per heavy atom. The Bertz CT molecular complexity index is 587. The van der Waals surface area contributed by atoms with Crippen molar-refractivity contribution in [1.82, 2.24) is 10.3 Å². The minimum Gasteiger partial charge on any atom is -0.380 e. The van der Waals surface area contributed by atoms with Gasteiger partial charge in [-0.3, -0.25) is 0 Å². The number of fused-ring (bicyclic) bond motifs is 1. The summed E-state index contributed by atoms with van der Waals surface area (Å²) in [6.45, 7) is 3.73. The number of hydrogen-bond acceptors (Lipinski definition) is 4. The number of aromatic nitrogens is 1. The molecule has 0 amide bonds. The van der Waals surface area contributed by atoms with E-state index in [-0.39, 0.29) is 6.04 Å². The molecule has 1 aliphatic rings. The number of rotatable bonds is 6. The third kappa shape index (κ3) is 3.18. The lowest BCUT2D eigenvalue weighted by Gasteiger charge is -2.17. The summed E-state index contributed by atoms with van der Waals surface area (Å²) in [4.78, 5) is 6.37. The van der Waals surface area contributed by atoms with Crippen molar-refractivity contribution < 1.29 is 4.74 Å². The zero-order valence-electron chi connectivity index (χ0n) is 12.7. The first-order valence-corrected chi connectivity index (χ1v) is 8.43. The summed E-state index contributed by atoms with van der Waals surface area (Å²) in [6, 6.07) is 8.82. The molecule has 3 rings (SSSR count). The second-order valence-corrected chi connectivity index (χ2v) is 6.56. The van der Waals surface area contributed by atoms with Gasteiger partial charge in [-0.05, 0) is 36.9 Å². The summed E-state index contributed by atoms with van der Waals surface area (Å²) in [6.07, 6.45) is 3.62. The highest BCUT2D eigenvalue weighted by Crippen LogP contribution is 2.33. The molecule has 21 heavy (non-hydrogen) atoms. The molecule has 0 saturated carbocycles. The summed E-state index contributed by atoms with van der Waals surface area (Å²) >= 11 is 1.88. The van der Waals surface area contributed by atoms with E-state index in [1.54, 1.807) is 7.11 Å². The lowest BCUT2D eigenvalue weighted by molar-refractivity contribution is 0.185. The van der Waals surface area contributed by atoms with Crippen LogP contribution in [-0.2, 0) is 24.2 Å². The van der Waals surface area contributed by atoms with Crippen molar-refractivity contribution in [2.24, 2.45) is 0 Å². The molecular formula is C17H22N2OS. The average molecular weight is 302 g/mol. The van der Waals surface area contributed by atoms with Crippen LogP contribution in [0.15, 0.2) is 24.3 Å². The number of nitrogens with one attached hydrogen (secondary N) is 1. The molecule has 0 saturated heterocycles. The minimum atomic E-state index is 0.197. The lowest BCUT2D eigenvalue weighted by Crippen LogP contribution is -2.22. The van der Waals surface area contributed by atoms with Crippen LogP contribution >= 0.6 is 11.3 Å². The van der Waals surface area contributed by atoms with Crippen LogP contribution < -0.4 is 5.32 Å². The molecule has 4 heteroatoms. The first-order valence-electron chi connectivity index (χ1n) is 7.61. The van der Waals surface area contributed by atoms with Crippen LogP contribution in [0.1, 0.15) is 46.1 Å². The Kier molecular flexibility index (Phi) is 4.68. The third-order valence-electron chi connectivity index (χ3n) is 3.86. The molecule has 1 heterocycles. The molecule has 1 aromatic carbocycles. The van der Waals surface area contributed by atoms with E-state index in [1.165, 1.54) is 39.5 Å². The van der Waals surface area contributed by atoms with Crippen LogP contribution in [0.25, 0.3) is 0 Å². The van der Waals surface area contributed by atoms with Crippen LogP contribution in [0.4, 0.5) is 0 Å². The van der Waals surface area contributed by atoms with Gasteiger partial charge >= 0.3 is 0 Å². The zero-order chi connectivity index (χ0) is 14.7. The van der Waals surface area contributed by atoms with E-state index in [2.05, 4.69) is 36.5 Å². The maximum atomic E-state index is 5.24. The fourth-order valence-electron chi connectivity index (χ4n) is 2.91. The zero-order valence-corrected chi connectivity index (χ0v) is 13.5. The Labute approximate surface area is 130 Å². The Morgan fingerprint density at radius 2 is 2.29 bits per heavy atom. The normalized spacial score (nSPS) is 15.1. The fourth-order valence-corrected chi connectivity index (χ4v) is 4.17. The van der Waals surface area contributed by atoms with Gasteiger partial charge in [-0.1, -0.05) is 31.2 Å². The highest BCUT2D eigenvalue weighted by Gasteiger charge is 2.22. The molecule has 1 aromatic heterocycles. The Morgan fingerprint density at radius 1 is 1.38 bits per heavy atom. The lowest BCUT2D eigenvalue weighted by atomic mass is 10.0. The van der Waals surface area contributed by atoms with Crippen LogP contribution in [0.3, 0.4) is 0 Å². The minimum absolute atomic E-state index is 0.197. The SMILES string of the molecule is CCNC(c1cccc(COC)c1)c1nc2c(s1)CCC2. The van der Waals surface area contributed by atoms with Gasteiger partial charge in [-0.2, -0.15) is 0 Å². The first-order chi connectivity index (χ1) is 10.3. The van der Waals surface area contributed by atoms with E-state index in [4.69, 9.17) is 9.72 Å². The predicted octanol–water partition coefficient (Wildman–Crippen LogP) is 3.48. The Hall–Kier alpha value is -1.23. The van der Waals surface area contributed by atoms with Crippen LogP contribution in [0.5, 0.6) is 0 Å². The van der Waals surface area contributed by atoms with E-state index in [0.717, 1.165) is 13.0 Å². The summed E-state index contributed by atoms with van der Waals surface area (Å²) in [5, 5.41) is 4.79. The highest BCUT2D eigenvalue weighted by atomic mass is 32.1. The standard InChI is InChI=1S/C17H22N2OS/c1-3-18-16(13-7-4-6-12(10-13)11-20-2)17-19-14-8-5-9-15(14)21-17/h4,6-7,10,16,18H,3,5,8-9,11H2,1-2H3. The van der Waals surface area contributed by atoms with Crippen molar-refractivity contribution in [3.8, 4) is 0 Å². The summed E-state index contributed by atoms with van der Waals surface area (Å²) < 4.78 is 5.24. The summed E-state index contributed by atoms with van der Waals surface area (Å²) in [5.74, 6) is 0. The first kappa shape index (κ1) is 14.7. The molecule has 1 atom stereocenters. The number of methoxy groups -OCH3 is 1. The van der Waals surface area contributed by atoms with Gasteiger partial charge in [0, 0.05) is 12.0 Å². The maximum Gasteiger partial charge on any atom is 0.115 e.